The van der Waals surface area contributed by atoms with Crippen LogP contribution in [0.3, 0.4) is 0 Å². The van der Waals surface area contributed by atoms with Crippen molar-refractivity contribution in [2.24, 2.45) is 0 Å². The quantitative estimate of drug-likeness (QED) is 0.484. The predicted molar refractivity (Wildman–Crippen MR) is 105 cm³/mol. The van der Waals surface area contributed by atoms with Crippen molar-refractivity contribution in [1.82, 2.24) is 0 Å². The average molecular weight is 436 g/mol. The van der Waals surface area contributed by atoms with Gasteiger partial charge in [0.05, 0.1) is 12.0 Å². The molecule has 0 radical (unpaired) electrons. The Labute approximate surface area is 175 Å². The van der Waals surface area contributed by atoms with Gasteiger partial charge in [-0.3, -0.25) is 19.2 Å². The molecular weight excluding hydrogens is 417 g/mol. The lowest BCUT2D eigenvalue weighted by Crippen LogP contribution is -2.22. The largest absolute Gasteiger partial charge is 0.456 e. The Kier molecular flexibility index (Phi) is 7.89. The summed E-state index contributed by atoms with van der Waals surface area (Å²) in [5.41, 5.74) is -0.208. The summed E-state index contributed by atoms with van der Waals surface area (Å²) in [6, 6.07) is 10.3. The molecule has 2 aromatic rings. The molecule has 2 N–H and O–H groups in total. The van der Waals surface area contributed by atoms with E-state index in [9.17, 15) is 32.3 Å². The molecule has 2 amide bonds. The van der Waals surface area contributed by atoms with Gasteiger partial charge in [-0.25, -0.2) is 0 Å². The molecule has 0 bridgehead atoms. The molecule has 7 nitrogen and oxygen atoms in total. The van der Waals surface area contributed by atoms with Gasteiger partial charge < -0.3 is 15.4 Å². The van der Waals surface area contributed by atoms with Gasteiger partial charge in [0.2, 0.25) is 5.91 Å². The molecule has 0 unspecified atom stereocenters. The number of halogens is 3. The number of ether oxygens (including phenoxy) is 1. The van der Waals surface area contributed by atoms with Crippen LogP contribution in [0, 0.1) is 0 Å². The van der Waals surface area contributed by atoms with Crippen LogP contribution < -0.4 is 10.6 Å². The van der Waals surface area contributed by atoms with Crippen LogP contribution in [0.5, 0.6) is 0 Å². The maximum atomic E-state index is 12.7. The van der Waals surface area contributed by atoms with Crippen LogP contribution in [0.25, 0.3) is 0 Å². The summed E-state index contributed by atoms with van der Waals surface area (Å²) in [5.74, 6) is -2.31. The standard InChI is InChI=1S/C21H19F3N2O5/c1-13(27)14-4-2-6-16(10-14)25-18(28)8-9-20(30)31-12-19(29)26-17-7-3-5-15(11-17)21(22,23)24/h2-7,10-11H,8-9,12H2,1H3,(H,25,28)(H,26,29). The molecule has 0 aromatic heterocycles. The summed E-state index contributed by atoms with van der Waals surface area (Å²) in [7, 11) is 0. The number of amides is 2. The van der Waals surface area contributed by atoms with Gasteiger partial charge >= 0.3 is 12.1 Å². The van der Waals surface area contributed by atoms with Gasteiger partial charge in [-0.1, -0.05) is 18.2 Å². The first-order chi connectivity index (χ1) is 14.5. The number of ketones is 1. The topological polar surface area (TPSA) is 102 Å². The van der Waals surface area contributed by atoms with E-state index in [1.54, 1.807) is 18.2 Å². The first kappa shape index (κ1) is 23.6. The molecule has 2 rings (SSSR count). The van der Waals surface area contributed by atoms with Crippen molar-refractivity contribution in [2.75, 3.05) is 17.2 Å². The highest BCUT2D eigenvalue weighted by molar-refractivity contribution is 5.97. The van der Waals surface area contributed by atoms with Crippen molar-refractivity contribution < 1.29 is 37.1 Å². The van der Waals surface area contributed by atoms with E-state index < -0.39 is 36.1 Å². The average Bonchev–Trinajstić information content (AvgIpc) is 2.70. The van der Waals surface area contributed by atoms with Crippen LogP contribution in [0.15, 0.2) is 48.5 Å². The van der Waals surface area contributed by atoms with Gasteiger partial charge in [0, 0.05) is 23.4 Å². The number of anilines is 2. The van der Waals surface area contributed by atoms with Crippen molar-refractivity contribution in [2.45, 2.75) is 25.9 Å². The molecule has 0 aliphatic heterocycles. The molecule has 0 fully saturated rings. The molecule has 0 saturated carbocycles. The smallest absolute Gasteiger partial charge is 0.416 e. The summed E-state index contributed by atoms with van der Waals surface area (Å²) < 4.78 is 42.7. The van der Waals surface area contributed by atoms with Crippen LogP contribution in [0.1, 0.15) is 35.7 Å². The number of alkyl halides is 3. The Morgan fingerprint density at radius 3 is 2.13 bits per heavy atom. The van der Waals surface area contributed by atoms with Crippen LogP contribution in [-0.4, -0.2) is 30.2 Å². The van der Waals surface area contributed by atoms with Crippen molar-refractivity contribution in [1.29, 1.82) is 0 Å². The molecule has 0 heterocycles. The van der Waals surface area contributed by atoms with Crippen molar-refractivity contribution in [3.63, 3.8) is 0 Å². The van der Waals surface area contributed by atoms with E-state index in [4.69, 9.17) is 4.74 Å². The maximum Gasteiger partial charge on any atom is 0.416 e. The van der Waals surface area contributed by atoms with Crippen LogP contribution in [0.4, 0.5) is 24.5 Å². The maximum absolute atomic E-state index is 12.7. The first-order valence-corrected chi connectivity index (χ1v) is 9.08. The minimum Gasteiger partial charge on any atom is -0.456 e. The zero-order valence-corrected chi connectivity index (χ0v) is 16.4. The fourth-order valence-electron chi connectivity index (χ4n) is 2.44. The third-order valence-corrected chi connectivity index (χ3v) is 3.95. The SMILES string of the molecule is CC(=O)c1cccc(NC(=O)CCC(=O)OCC(=O)Nc2cccc(C(F)(F)F)c2)c1. The lowest BCUT2D eigenvalue weighted by molar-refractivity contribution is -0.147. The van der Waals surface area contributed by atoms with Crippen LogP contribution in [0.2, 0.25) is 0 Å². The lowest BCUT2D eigenvalue weighted by Gasteiger charge is -2.10. The molecule has 0 spiro atoms. The van der Waals surface area contributed by atoms with E-state index in [1.165, 1.54) is 19.1 Å². The number of rotatable bonds is 8. The normalized spacial score (nSPS) is 10.8. The number of esters is 1. The monoisotopic (exact) mass is 436 g/mol. The number of carbonyl (C=O) groups excluding carboxylic acids is 4. The third-order valence-electron chi connectivity index (χ3n) is 3.95. The zero-order valence-electron chi connectivity index (χ0n) is 16.4. The summed E-state index contributed by atoms with van der Waals surface area (Å²) >= 11 is 0. The molecule has 0 aliphatic rings. The zero-order chi connectivity index (χ0) is 23.0. The summed E-state index contributed by atoms with van der Waals surface area (Å²) in [4.78, 5) is 46.7. The minimum absolute atomic E-state index is 0.0944. The van der Waals surface area contributed by atoms with E-state index in [0.717, 1.165) is 18.2 Å². The molecule has 0 saturated heterocycles. The van der Waals surface area contributed by atoms with Gasteiger partial charge in [0.1, 0.15) is 0 Å². The number of Topliss-reactive ketones (excluding diaryl/α,β-unsaturated/α-hetero) is 1. The van der Waals surface area contributed by atoms with Gasteiger partial charge in [0.25, 0.3) is 5.91 Å². The Morgan fingerprint density at radius 1 is 0.871 bits per heavy atom. The van der Waals surface area contributed by atoms with E-state index >= 15 is 0 Å². The Bertz CT molecular complexity index is 989. The van der Waals surface area contributed by atoms with Crippen molar-refractivity contribution >= 4 is 34.9 Å². The Morgan fingerprint density at radius 2 is 1.48 bits per heavy atom. The molecule has 10 heteroatoms. The van der Waals surface area contributed by atoms with Gasteiger partial charge in [-0.05, 0) is 37.3 Å². The first-order valence-electron chi connectivity index (χ1n) is 9.08. The molecule has 0 atom stereocenters. The van der Waals surface area contributed by atoms with Crippen molar-refractivity contribution in [3.05, 3.63) is 59.7 Å². The van der Waals surface area contributed by atoms with Gasteiger partial charge in [0.15, 0.2) is 12.4 Å². The van der Waals surface area contributed by atoms with Crippen LogP contribution >= 0.6 is 0 Å². The number of hydrogen-bond donors (Lipinski definition) is 2. The highest BCUT2D eigenvalue weighted by Gasteiger charge is 2.30. The van der Waals surface area contributed by atoms with Crippen molar-refractivity contribution in [3.8, 4) is 0 Å². The molecular formula is C21H19F3N2O5. The molecule has 31 heavy (non-hydrogen) atoms. The van der Waals surface area contributed by atoms with E-state index in [0.29, 0.717) is 11.3 Å². The highest BCUT2D eigenvalue weighted by atomic mass is 19.4. The molecule has 164 valence electrons. The molecule has 0 aliphatic carbocycles. The second-order valence-electron chi connectivity index (χ2n) is 6.47. The Balaban J connectivity index is 1.75. The fraction of sp³-hybridized carbons (Fsp3) is 0.238. The summed E-state index contributed by atoms with van der Waals surface area (Å²) in [5, 5.41) is 4.74. The second kappa shape index (κ2) is 10.4. The second-order valence-corrected chi connectivity index (χ2v) is 6.47. The summed E-state index contributed by atoms with van der Waals surface area (Å²) in [6.45, 7) is 0.678. The predicted octanol–water partition coefficient (Wildman–Crippen LogP) is 3.81. The summed E-state index contributed by atoms with van der Waals surface area (Å²) in [6.07, 6.45) is -5.09. The number of hydrogen-bond acceptors (Lipinski definition) is 5. The number of benzene rings is 2. The fourth-order valence-corrected chi connectivity index (χ4v) is 2.44. The number of nitrogens with one attached hydrogen (secondary N) is 2. The van der Waals surface area contributed by atoms with Gasteiger partial charge in [-0.2, -0.15) is 13.2 Å². The van der Waals surface area contributed by atoms with E-state index in [2.05, 4.69) is 10.6 Å². The minimum atomic E-state index is -4.55. The third kappa shape index (κ3) is 7.92. The van der Waals surface area contributed by atoms with Gasteiger partial charge in [-0.15, -0.1) is 0 Å². The molecule has 2 aromatic carbocycles. The van der Waals surface area contributed by atoms with E-state index in [-0.39, 0.29) is 24.3 Å². The van der Waals surface area contributed by atoms with E-state index in [1.807, 2.05) is 0 Å². The number of carbonyl (C=O) groups is 4. The van der Waals surface area contributed by atoms with Crippen LogP contribution in [-0.2, 0) is 25.3 Å². The Hall–Kier alpha value is -3.69. The lowest BCUT2D eigenvalue weighted by atomic mass is 10.1. The highest BCUT2D eigenvalue weighted by Crippen LogP contribution is 2.30.